The number of para-hydroxylation sites is 1. The van der Waals surface area contributed by atoms with Crippen LogP contribution in [0.2, 0.25) is 0 Å². The Morgan fingerprint density at radius 2 is 1.85 bits per heavy atom. The summed E-state index contributed by atoms with van der Waals surface area (Å²) in [7, 11) is 0. The molecular formula is C16H19NO2S. The van der Waals surface area contributed by atoms with Crippen LogP contribution in [0.25, 0.3) is 10.9 Å². The third kappa shape index (κ3) is 4.23. The third-order valence-electron chi connectivity index (χ3n) is 3.09. The van der Waals surface area contributed by atoms with Crippen molar-refractivity contribution in [2.24, 2.45) is 0 Å². The quantitative estimate of drug-likeness (QED) is 0.477. The zero-order chi connectivity index (χ0) is 14.2. The van der Waals surface area contributed by atoms with Crippen molar-refractivity contribution in [1.82, 2.24) is 4.98 Å². The fourth-order valence-electron chi connectivity index (χ4n) is 1.99. The number of unbranched alkanes of at least 4 members (excludes halogenated alkanes) is 3. The van der Waals surface area contributed by atoms with Crippen molar-refractivity contribution in [3.63, 3.8) is 0 Å². The maximum absolute atomic E-state index is 11.9. The summed E-state index contributed by atoms with van der Waals surface area (Å²) in [6.45, 7) is 0.458. The lowest BCUT2D eigenvalue weighted by molar-refractivity contribution is 0.0491. The van der Waals surface area contributed by atoms with Crippen LogP contribution in [-0.2, 0) is 4.74 Å². The minimum Gasteiger partial charge on any atom is -0.461 e. The van der Waals surface area contributed by atoms with E-state index in [1.54, 1.807) is 6.07 Å². The van der Waals surface area contributed by atoms with Crippen LogP contribution in [0.1, 0.15) is 36.2 Å². The van der Waals surface area contributed by atoms with Gasteiger partial charge in [-0.25, -0.2) is 9.78 Å². The van der Waals surface area contributed by atoms with E-state index in [4.69, 9.17) is 4.74 Å². The summed E-state index contributed by atoms with van der Waals surface area (Å²) in [5, 5.41) is 1.02. The van der Waals surface area contributed by atoms with E-state index >= 15 is 0 Å². The first-order valence-electron chi connectivity index (χ1n) is 6.95. The van der Waals surface area contributed by atoms with Gasteiger partial charge < -0.3 is 4.74 Å². The molecule has 0 N–H and O–H groups in total. The fourth-order valence-corrected chi connectivity index (χ4v) is 2.21. The normalized spacial score (nSPS) is 10.7. The number of thiol groups is 1. The van der Waals surface area contributed by atoms with Gasteiger partial charge in [0.05, 0.1) is 12.1 Å². The van der Waals surface area contributed by atoms with Gasteiger partial charge in [-0.15, -0.1) is 0 Å². The number of fused-ring (bicyclic) bond motifs is 1. The lowest BCUT2D eigenvalue weighted by Crippen LogP contribution is -2.08. The first-order chi connectivity index (χ1) is 9.81. The van der Waals surface area contributed by atoms with E-state index in [-0.39, 0.29) is 5.97 Å². The number of hydrogen-bond donors (Lipinski definition) is 1. The van der Waals surface area contributed by atoms with E-state index < -0.39 is 0 Å². The molecule has 0 aliphatic heterocycles. The number of esters is 1. The van der Waals surface area contributed by atoms with Crippen molar-refractivity contribution >= 4 is 29.5 Å². The molecule has 1 aromatic heterocycles. The minimum atomic E-state index is -0.343. The van der Waals surface area contributed by atoms with E-state index in [9.17, 15) is 4.79 Å². The summed E-state index contributed by atoms with van der Waals surface area (Å²) < 4.78 is 5.24. The van der Waals surface area contributed by atoms with E-state index in [0.29, 0.717) is 12.3 Å². The second-order valence-electron chi connectivity index (χ2n) is 4.66. The third-order valence-corrected chi connectivity index (χ3v) is 3.41. The molecular weight excluding hydrogens is 270 g/mol. The number of rotatable bonds is 7. The van der Waals surface area contributed by atoms with Gasteiger partial charge in [0.25, 0.3) is 0 Å². The number of nitrogens with zero attached hydrogens (tertiary/aromatic N) is 1. The number of carbonyl (C=O) groups excluding carboxylic acids is 1. The molecule has 0 aliphatic rings. The van der Waals surface area contributed by atoms with Crippen molar-refractivity contribution in [1.29, 1.82) is 0 Å². The second kappa shape index (κ2) is 7.90. The van der Waals surface area contributed by atoms with Gasteiger partial charge in [0, 0.05) is 5.39 Å². The van der Waals surface area contributed by atoms with Crippen LogP contribution >= 0.6 is 12.6 Å². The Labute approximate surface area is 124 Å². The number of pyridine rings is 1. The molecule has 1 aromatic carbocycles. The Morgan fingerprint density at radius 1 is 1.05 bits per heavy atom. The lowest BCUT2D eigenvalue weighted by atomic mass is 10.2. The Kier molecular flexibility index (Phi) is 5.87. The average Bonchev–Trinajstić information content (AvgIpc) is 2.50. The predicted molar refractivity (Wildman–Crippen MR) is 84.3 cm³/mol. The van der Waals surface area contributed by atoms with Crippen LogP contribution in [0, 0.1) is 0 Å². The number of aromatic nitrogens is 1. The molecule has 0 amide bonds. The molecule has 0 bridgehead atoms. The molecule has 0 unspecified atom stereocenters. The predicted octanol–water partition coefficient (Wildman–Crippen LogP) is 3.88. The highest BCUT2D eigenvalue weighted by molar-refractivity contribution is 7.80. The number of carbonyl (C=O) groups is 1. The van der Waals surface area contributed by atoms with E-state index in [2.05, 4.69) is 17.6 Å². The standard InChI is InChI=1S/C16H19NO2S/c18-16(19-11-5-1-2-6-12-20)15-10-9-13-7-3-4-8-14(13)17-15/h3-4,7-10,20H,1-2,5-6,11-12H2. The largest absolute Gasteiger partial charge is 0.461 e. The zero-order valence-electron chi connectivity index (χ0n) is 11.4. The van der Waals surface area contributed by atoms with Crippen LogP contribution in [0.5, 0.6) is 0 Å². The summed E-state index contributed by atoms with van der Waals surface area (Å²) in [5.74, 6) is 0.575. The fraction of sp³-hybridized carbons (Fsp3) is 0.375. The highest BCUT2D eigenvalue weighted by Gasteiger charge is 2.09. The van der Waals surface area contributed by atoms with Crippen molar-refractivity contribution in [3.05, 3.63) is 42.1 Å². The van der Waals surface area contributed by atoms with Gasteiger partial charge in [-0.05, 0) is 30.7 Å². The van der Waals surface area contributed by atoms with Crippen LogP contribution in [0.15, 0.2) is 36.4 Å². The summed E-state index contributed by atoms with van der Waals surface area (Å²) in [4.78, 5) is 16.2. The number of benzene rings is 1. The SMILES string of the molecule is O=C(OCCCCCCS)c1ccc2ccccc2n1. The average molecular weight is 289 g/mol. The Bertz CT molecular complexity index is 571. The molecule has 0 fully saturated rings. The molecule has 0 atom stereocenters. The maximum atomic E-state index is 11.9. The minimum absolute atomic E-state index is 0.343. The van der Waals surface area contributed by atoms with Gasteiger partial charge in [0.2, 0.25) is 0 Å². The molecule has 0 saturated heterocycles. The highest BCUT2D eigenvalue weighted by Crippen LogP contribution is 2.12. The van der Waals surface area contributed by atoms with Crippen LogP contribution < -0.4 is 0 Å². The Balaban J connectivity index is 1.84. The van der Waals surface area contributed by atoms with Gasteiger partial charge in [-0.1, -0.05) is 37.1 Å². The lowest BCUT2D eigenvalue weighted by Gasteiger charge is -2.05. The molecule has 0 aliphatic carbocycles. The zero-order valence-corrected chi connectivity index (χ0v) is 12.3. The highest BCUT2D eigenvalue weighted by atomic mass is 32.1. The Morgan fingerprint density at radius 3 is 2.70 bits per heavy atom. The van der Waals surface area contributed by atoms with Crippen LogP contribution in [-0.4, -0.2) is 23.3 Å². The van der Waals surface area contributed by atoms with E-state index in [1.807, 2.05) is 30.3 Å². The topological polar surface area (TPSA) is 39.2 Å². The van der Waals surface area contributed by atoms with Crippen molar-refractivity contribution in [2.75, 3.05) is 12.4 Å². The second-order valence-corrected chi connectivity index (χ2v) is 5.11. The van der Waals surface area contributed by atoms with Gasteiger partial charge in [-0.2, -0.15) is 12.6 Å². The van der Waals surface area contributed by atoms with Crippen LogP contribution in [0.4, 0.5) is 0 Å². The monoisotopic (exact) mass is 289 g/mol. The summed E-state index contributed by atoms with van der Waals surface area (Å²) >= 11 is 4.16. The van der Waals surface area contributed by atoms with Gasteiger partial charge >= 0.3 is 5.97 Å². The number of hydrogen-bond acceptors (Lipinski definition) is 4. The van der Waals surface area contributed by atoms with Gasteiger partial charge in [0.1, 0.15) is 5.69 Å². The van der Waals surface area contributed by atoms with Gasteiger partial charge in [-0.3, -0.25) is 0 Å². The van der Waals surface area contributed by atoms with E-state index in [0.717, 1.165) is 42.3 Å². The van der Waals surface area contributed by atoms with Crippen LogP contribution in [0.3, 0.4) is 0 Å². The molecule has 2 rings (SSSR count). The maximum Gasteiger partial charge on any atom is 0.356 e. The molecule has 1 heterocycles. The van der Waals surface area contributed by atoms with Crippen molar-refractivity contribution in [2.45, 2.75) is 25.7 Å². The molecule has 2 aromatic rings. The van der Waals surface area contributed by atoms with E-state index in [1.165, 1.54) is 0 Å². The molecule has 20 heavy (non-hydrogen) atoms. The Hall–Kier alpha value is -1.55. The smallest absolute Gasteiger partial charge is 0.356 e. The summed E-state index contributed by atoms with van der Waals surface area (Å²) in [5.41, 5.74) is 1.19. The number of ether oxygens (including phenoxy) is 1. The molecule has 3 nitrogen and oxygen atoms in total. The first-order valence-corrected chi connectivity index (χ1v) is 7.58. The molecule has 0 spiro atoms. The van der Waals surface area contributed by atoms with Gasteiger partial charge in [0.15, 0.2) is 0 Å². The van der Waals surface area contributed by atoms with Crippen molar-refractivity contribution in [3.8, 4) is 0 Å². The molecule has 4 heteroatoms. The molecule has 106 valence electrons. The van der Waals surface area contributed by atoms with Crippen molar-refractivity contribution < 1.29 is 9.53 Å². The molecule has 0 radical (unpaired) electrons. The first kappa shape index (κ1) is 14.9. The summed E-state index contributed by atoms with van der Waals surface area (Å²) in [6.07, 6.45) is 4.21. The summed E-state index contributed by atoms with van der Waals surface area (Å²) in [6, 6.07) is 11.3. The molecule has 0 saturated carbocycles.